The number of imidazole rings is 1. The van der Waals surface area contributed by atoms with Crippen LogP contribution >= 0.6 is 11.6 Å². The van der Waals surface area contributed by atoms with Gasteiger partial charge in [-0.05, 0) is 42.0 Å². The van der Waals surface area contributed by atoms with Crippen molar-refractivity contribution in [2.45, 2.75) is 25.4 Å². The van der Waals surface area contributed by atoms with Crippen LogP contribution in [0.1, 0.15) is 23.7 Å². The highest BCUT2D eigenvalue weighted by molar-refractivity contribution is 6.30. The molecular formula is C26H24ClN3O2. The second kappa shape index (κ2) is 9.05. The standard InChI is InChI=1S/C26H24ClN3O2/c27-21-10-12-22(13-11-21)32-15-14-30-24-9-5-4-8-23(24)28-26(30)20-16-25(31)29(18-20)17-19-6-2-1-3-7-19/h1-13,20H,14-18H2. The van der Waals surface area contributed by atoms with E-state index in [4.69, 9.17) is 21.3 Å². The first kappa shape index (κ1) is 20.6. The Labute approximate surface area is 192 Å². The molecule has 1 aliphatic rings. The summed E-state index contributed by atoms with van der Waals surface area (Å²) in [6.45, 7) is 2.47. The molecule has 1 fully saturated rings. The highest BCUT2D eigenvalue weighted by atomic mass is 35.5. The van der Waals surface area contributed by atoms with Gasteiger partial charge in [0.15, 0.2) is 0 Å². The van der Waals surface area contributed by atoms with Gasteiger partial charge < -0.3 is 14.2 Å². The number of benzene rings is 3. The number of carbonyl (C=O) groups is 1. The highest BCUT2D eigenvalue weighted by Gasteiger charge is 2.33. The average Bonchev–Trinajstić information content (AvgIpc) is 3.36. The van der Waals surface area contributed by atoms with Crippen LogP contribution in [0.5, 0.6) is 5.75 Å². The van der Waals surface area contributed by atoms with Gasteiger partial charge in [0.2, 0.25) is 5.91 Å². The maximum Gasteiger partial charge on any atom is 0.223 e. The number of carbonyl (C=O) groups excluding carboxylic acids is 1. The molecule has 1 aliphatic heterocycles. The van der Waals surface area contributed by atoms with Crippen LogP contribution in [-0.2, 0) is 17.9 Å². The van der Waals surface area contributed by atoms with E-state index < -0.39 is 0 Å². The fourth-order valence-electron chi connectivity index (χ4n) is 4.33. The number of para-hydroxylation sites is 2. The van der Waals surface area contributed by atoms with Gasteiger partial charge in [-0.25, -0.2) is 4.98 Å². The third kappa shape index (κ3) is 4.34. The van der Waals surface area contributed by atoms with Gasteiger partial charge in [-0.3, -0.25) is 4.79 Å². The zero-order valence-electron chi connectivity index (χ0n) is 17.7. The lowest BCUT2D eigenvalue weighted by Gasteiger charge is -2.17. The summed E-state index contributed by atoms with van der Waals surface area (Å²) in [4.78, 5) is 19.6. The largest absolute Gasteiger partial charge is 0.492 e. The highest BCUT2D eigenvalue weighted by Crippen LogP contribution is 2.31. The Hall–Kier alpha value is -3.31. The summed E-state index contributed by atoms with van der Waals surface area (Å²) in [5, 5.41) is 0.686. The number of amides is 1. The summed E-state index contributed by atoms with van der Waals surface area (Å²) >= 11 is 5.96. The number of halogens is 1. The topological polar surface area (TPSA) is 47.4 Å². The summed E-state index contributed by atoms with van der Waals surface area (Å²) in [5.41, 5.74) is 3.16. The minimum Gasteiger partial charge on any atom is -0.492 e. The Morgan fingerprint density at radius 2 is 1.72 bits per heavy atom. The third-order valence-corrected chi connectivity index (χ3v) is 6.13. The van der Waals surface area contributed by atoms with Gasteiger partial charge in [-0.15, -0.1) is 0 Å². The zero-order chi connectivity index (χ0) is 21.9. The summed E-state index contributed by atoms with van der Waals surface area (Å²) in [6, 6.07) is 25.6. The maximum atomic E-state index is 12.8. The molecule has 5 rings (SSSR count). The summed E-state index contributed by atoms with van der Waals surface area (Å²) in [6.07, 6.45) is 0.480. The Morgan fingerprint density at radius 1 is 0.969 bits per heavy atom. The molecule has 1 saturated heterocycles. The molecule has 1 aromatic heterocycles. The van der Waals surface area contributed by atoms with Crippen molar-refractivity contribution in [1.29, 1.82) is 0 Å². The van der Waals surface area contributed by atoms with Crippen LogP contribution in [0.2, 0.25) is 5.02 Å². The van der Waals surface area contributed by atoms with Crippen LogP contribution in [0.4, 0.5) is 0 Å². The van der Waals surface area contributed by atoms with Gasteiger partial charge in [0, 0.05) is 30.5 Å². The third-order valence-electron chi connectivity index (χ3n) is 5.88. The van der Waals surface area contributed by atoms with E-state index in [1.165, 1.54) is 0 Å². The van der Waals surface area contributed by atoms with E-state index in [0.717, 1.165) is 28.2 Å². The van der Waals surface area contributed by atoms with Gasteiger partial charge in [-0.2, -0.15) is 0 Å². The van der Waals surface area contributed by atoms with Gasteiger partial charge in [0.05, 0.1) is 17.6 Å². The summed E-state index contributed by atoms with van der Waals surface area (Å²) in [5.74, 6) is 1.98. The molecule has 32 heavy (non-hydrogen) atoms. The number of rotatable bonds is 7. The number of aromatic nitrogens is 2. The molecule has 162 valence electrons. The van der Waals surface area contributed by atoms with E-state index in [1.807, 2.05) is 65.6 Å². The van der Waals surface area contributed by atoms with Crippen LogP contribution < -0.4 is 4.74 Å². The fourth-order valence-corrected chi connectivity index (χ4v) is 4.45. The van der Waals surface area contributed by atoms with Gasteiger partial charge in [-0.1, -0.05) is 54.1 Å². The van der Waals surface area contributed by atoms with E-state index in [2.05, 4.69) is 22.8 Å². The van der Waals surface area contributed by atoms with Gasteiger partial charge >= 0.3 is 0 Å². The number of nitrogens with zero attached hydrogens (tertiary/aromatic N) is 3. The number of fused-ring (bicyclic) bond motifs is 1. The molecule has 0 bridgehead atoms. The molecule has 3 aromatic carbocycles. The van der Waals surface area contributed by atoms with Crippen molar-refractivity contribution in [2.24, 2.45) is 0 Å². The second-order valence-electron chi connectivity index (χ2n) is 8.07. The molecule has 1 unspecified atom stereocenters. The number of likely N-dealkylation sites (tertiary alicyclic amines) is 1. The molecule has 0 N–H and O–H groups in total. The van der Waals surface area contributed by atoms with Crippen molar-refractivity contribution in [3.63, 3.8) is 0 Å². The molecular weight excluding hydrogens is 422 g/mol. The molecule has 4 aromatic rings. The van der Waals surface area contributed by atoms with Crippen LogP contribution in [-0.4, -0.2) is 33.5 Å². The lowest BCUT2D eigenvalue weighted by molar-refractivity contribution is -0.128. The molecule has 6 heteroatoms. The van der Waals surface area contributed by atoms with Crippen LogP contribution in [0.3, 0.4) is 0 Å². The molecule has 5 nitrogen and oxygen atoms in total. The van der Waals surface area contributed by atoms with E-state index in [9.17, 15) is 4.79 Å². The Bertz CT molecular complexity index is 1220. The normalized spacial score (nSPS) is 16.1. The molecule has 0 spiro atoms. The van der Waals surface area contributed by atoms with Crippen LogP contribution in [0.15, 0.2) is 78.9 Å². The van der Waals surface area contributed by atoms with E-state index in [1.54, 1.807) is 0 Å². The van der Waals surface area contributed by atoms with Crippen molar-refractivity contribution >= 4 is 28.5 Å². The van der Waals surface area contributed by atoms with E-state index in [0.29, 0.717) is 37.7 Å². The summed E-state index contributed by atoms with van der Waals surface area (Å²) in [7, 11) is 0. The predicted octanol–water partition coefficient (Wildman–Crippen LogP) is 5.28. The molecule has 0 radical (unpaired) electrons. The van der Waals surface area contributed by atoms with Crippen molar-refractivity contribution in [2.75, 3.05) is 13.2 Å². The number of hydrogen-bond donors (Lipinski definition) is 0. The van der Waals surface area contributed by atoms with E-state index in [-0.39, 0.29) is 11.8 Å². The zero-order valence-corrected chi connectivity index (χ0v) is 18.4. The fraction of sp³-hybridized carbons (Fsp3) is 0.231. The predicted molar refractivity (Wildman–Crippen MR) is 126 cm³/mol. The van der Waals surface area contributed by atoms with Gasteiger partial charge in [0.1, 0.15) is 18.2 Å². The lowest BCUT2D eigenvalue weighted by atomic mass is 10.1. The monoisotopic (exact) mass is 445 g/mol. The minimum absolute atomic E-state index is 0.0640. The number of hydrogen-bond acceptors (Lipinski definition) is 3. The van der Waals surface area contributed by atoms with Crippen molar-refractivity contribution in [3.8, 4) is 5.75 Å². The van der Waals surface area contributed by atoms with E-state index >= 15 is 0 Å². The SMILES string of the molecule is O=C1CC(c2nc3ccccc3n2CCOc2ccc(Cl)cc2)CN1Cc1ccccc1. The van der Waals surface area contributed by atoms with Crippen LogP contribution in [0, 0.1) is 0 Å². The first-order valence-corrected chi connectivity index (χ1v) is 11.2. The van der Waals surface area contributed by atoms with Crippen molar-refractivity contribution < 1.29 is 9.53 Å². The first-order chi connectivity index (χ1) is 15.7. The number of ether oxygens (including phenoxy) is 1. The van der Waals surface area contributed by atoms with Crippen molar-refractivity contribution in [1.82, 2.24) is 14.5 Å². The molecule has 1 amide bonds. The molecule has 0 saturated carbocycles. The molecule has 0 aliphatic carbocycles. The summed E-state index contributed by atoms with van der Waals surface area (Å²) < 4.78 is 8.14. The molecule has 1 atom stereocenters. The first-order valence-electron chi connectivity index (χ1n) is 10.8. The van der Waals surface area contributed by atoms with Crippen LogP contribution in [0.25, 0.3) is 11.0 Å². The van der Waals surface area contributed by atoms with Gasteiger partial charge in [0.25, 0.3) is 0 Å². The van der Waals surface area contributed by atoms with Crippen molar-refractivity contribution in [3.05, 3.63) is 95.3 Å². The quantitative estimate of drug-likeness (QED) is 0.388. The minimum atomic E-state index is 0.0640. The Balaban J connectivity index is 1.35. The average molecular weight is 446 g/mol. The Morgan fingerprint density at radius 3 is 2.53 bits per heavy atom. The maximum absolute atomic E-state index is 12.8. The lowest BCUT2D eigenvalue weighted by Crippen LogP contribution is -2.24. The Kier molecular flexibility index (Phi) is 5.82. The second-order valence-corrected chi connectivity index (χ2v) is 8.51. The molecule has 2 heterocycles. The smallest absolute Gasteiger partial charge is 0.223 e.